The number of nitro benzene ring substituents is 1. The quantitative estimate of drug-likeness (QED) is 0.202. The van der Waals surface area contributed by atoms with Crippen LogP contribution in [0.2, 0.25) is 0 Å². The van der Waals surface area contributed by atoms with Crippen LogP contribution < -0.4 is 4.74 Å². The SMILES string of the molecule is COc1cccc(/C(O)=C2\C(=O)C(=O)N(Cc3cccnc3)[C@@H]2c2ccc([N+](=O)[O-])cc2)c1. The summed E-state index contributed by atoms with van der Waals surface area (Å²) in [5.74, 6) is -1.52. The molecule has 0 bridgehead atoms. The highest BCUT2D eigenvalue weighted by Gasteiger charge is 2.46. The molecule has 3 aromatic rings. The molecule has 9 heteroatoms. The van der Waals surface area contributed by atoms with Crippen molar-refractivity contribution in [2.45, 2.75) is 12.6 Å². The van der Waals surface area contributed by atoms with Crippen molar-refractivity contribution in [1.82, 2.24) is 9.88 Å². The first kappa shape index (κ1) is 21.7. The summed E-state index contributed by atoms with van der Waals surface area (Å²) in [5, 5.41) is 22.2. The Kier molecular flexibility index (Phi) is 5.86. The van der Waals surface area contributed by atoms with Crippen molar-refractivity contribution >= 4 is 23.1 Å². The molecule has 166 valence electrons. The molecule has 1 aliphatic heterocycles. The maximum atomic E-state index is 13.1. The molecule has 2 aromatic carbocycles. The Morgan fingerprint density at radius 3 is 2.55 bits per heavy atom. The van der Waals surface area contributed by atoms with Crippen LogP contribution in [-0.4, -0.2) is 38.7 Å². The number of non-ortho nitro benzene ring substituents is 1. The molecule has 0 aliphatic carbocycles. The number of ether oxygens (including phenoxy) is 1. The number of carbonyl (C=O) groups excluding carboxylic acids is 2. The molecule has 1 aromatic heterocycles. The number of hydrogen-bond acceptors (Lipinski definition) is 7. The number of nitrogens with zero attached hydrogens (tertiary/aromatic N) is 3. The van der Waals surface area contributed by atoms with Crippen LogP contribution in [0.1, 0.15) is 22.7 Å². The minimum absolute atomic E-state index is 0.0644. The molecule has 1 atom stereocenters. The van der Waals surface area contributed by atoms with Crippen LogP contribution in [-0.2, 0) is 16.1 Å². The summed E-state index contributed by atoms with van der Waals surface area (Å²) in [6.07, 6.45) is 3.17. The predicted molar refractivity (Wildman–Crippen MR) is 118 cm³/mol. The second kappa shape index (κ2) is 8.91. The van der Waals surface area contributed by atoms with Gasteiger partial charge < -0.3 is 14.7 Å². The van der Waals surface area contributed by atoms with Crippen molar-refractivity contribution in [2.75, 3.05) is 7.11 Å². The van der Waals surface area contributed by atoms with Crippen LogP contribution in [0.25, 0.3) is 5.76 Å². The number of aliphatic hydroxyl groups is 1. The zero-order valence-corrected chi connectivity index (χ0v) is 17.5. The van der Waals surface area contributed by atoms with Gasteiger partial charge in [0.15, 0.2) is 0 Å². The summed E-state index contributed by atoms with van der Waals surface area (Å²) in [6, 6.07) is 14.6. The average Bonchev–Trinajstić information content (AvgIpc) is 3.09. The van der Waals surface area contributed by atoms with Crippen LogP contribution >= 0.6 is 0 Å². The Balaban J connectivity index is 1.86. The van der Waals surface area contributed by atoms with Crippen LogP contribution in [0.15, 0.2) is 78.6 Å². The molecule has 0 spiro atoms. The summed E-state index contributed by atoms with van der Waals surface area (Å²) in [7, 11) is 1.48. The molecule has 1 N–H and O–H groups in total. The van der Waals surface area contributed by atoms with Crippen LogP contribution in [0.5, 0.6) is 5.75 Å². The Hall–Kier alpha value is -4.53. The first-order valence-corrected chi connectivity index (χ1v) is 9.97. The summed E-state index contributed by atoms with van der Waals surface area (Å²) in [5.41, 5.74) is 1.21. The second-order valence-electron chi connectivity index (χ2n) is 7.37. The third kappa shape index (κ3) is 4.16. The van der Waals surface area contributed by atoms with Gasteiger partial charge in [0.1, 0.15) is 11.5 Å². The van der Waals surface area contributed by atoms with E-state index in [0.29, 0.717) is 22.4 Å². The highest BCUT2D eigenvalue weighted by molar-refractivity contribution is 6.46. The standard InChI is InChI=1S/C24H19N3O6/c1-33-19-6-2-5-17(12-19)22(28)20-21(16-7-9-18(10-8-16)27(31)32)26(24(30)23(20)29)14-15-4-3-11-25-13-15/h2-13,21,28H,14H2,1H3/b22-20+/t21-/m1/s1. The smallest absolute Gasteiger partial charge is 0.295 e. The number of carbonyl (C=O) groups is 2. The zero-order valence-electron chi connectivity index (χ0n) is 17.5. The molecule has 0 radical (unpaired) electrons. The molecular weight excluding hydrogens is 426 g/mol. The van der Waals surface area contributed by atoms with E-state index in [-0.39, 0.29) is 23.6 Å². The summed E-state index contributed by atoms with van der Waals surface area (Å²) >= 11 is 0. The van der Waals surface area contributed by atoms with Crippen molar-refractivity contribution in [3.05, 3.63) is 105 Å². The van der Waals surface area contributed by atoms with E-state index in [9.17, 15) is 24.8 Å². The second-order valence-corrected chi connectivity index (χ2v) is 7.37. The molecule has 9 nitrogen and oxygen atoms in total. The lowest BCUT2D eigenvalue weighted by Crippen LogP contribution is -2.29. The first-order valence-electron chi connectivity index (χ1n) is 9.97. The Bertz CT molecular complexity index is 1250. The fourth-order valence-corrected chi connectivity index (χ4v) is 3.78. The molecular formula is C24H19N3O6. The molecule has 33 heavy (non-hydrogen) atoms. The molecule has 0 unspecified atom stereocenters. The number of likely N-dealkylation sites (tertiary alicyclic amines) is 1. The minimum Gasteiger partial charge on any atom is -0.507 e. The number of ketones is 1. The Labute approximate surface area is 188 Å². The molecule has 0 saturated carbocycles. The average molecular weight is 445 g/mol. The van der Waals surface area contributed by atoms with E-state index in [1.807, 2.05) is 0 Å². The fraction of sp³-hybridized carbons (Fsp3) is 0.125. The van der Waals surface area contributed by atoms with Crippen LogP contribution in [0.4, 0.5) is 5.69 Å². The van der Waals surface area contributed by atoms with Gasteiger partial charge in [-0.2, -0.15) is 0 Å². The van der Waals surface area contributed by atoms with E-state index in [0.717, 1.165) is 0 Å². The highest BCUT2D eigenvalue weighted by Crippen LogP contribution is 2.40. The van der Waals surface area contributed by atoms with Gasteiger partial charge >= 0.3 is 0 Å². The largest absolute Gasteiger partial charge is 0.507 e. The van der Waals surface area contributed by atoms with Gasteiger partial charge in [0.25, 0.3) is 17.4 Å². The lowest BCUT2D eigenvalue weighted by atomic mass is 9.95. The van der Waals surface area contributed by atoms with Gasteiger partial charge in [0.05, 0.1) is 23.6 Å². The van der Waals surface area contributed by atoms with E-state index >= 15 is 0 Å². The maximum absolute atomic E-state index is 13.1. The van der Waals surface area contributed by atoms with Crippen molar-refractivity contribution in [3.8, 4) is 5.75 Å². The molecule has 1 amide bonds. The van der Waals surface area contributed by atoms with Gasteiger partial charge in [-0.1, -0.05) is 18.2 Å². The molecule has 1 saturated heterocycles. The molecule has 2 heterocycles. The summed E-state index contributed by atoms with van der Waals surface area (Å²) in [6.45, 7) is 0.0644. The van der Waals surface area contributed by atoms with Crippen LogP contribution in [0, 0.1) is 10.1 Å². The Morgan fingerprint density at radius 2 is 1.91 bits per heavy atom. The number of rotatable bonds is 6. The highest BCUT2D eigenvalue weighted by atomic mass is 16.6. The number of aromatic nitrogens is 1. The number of nitro groups is 1. The normalized spacial score (nSPS) is 17.2. The Morgan fingerprint density at radius 1 is 1.15 bits per heavy atom. The lowest BCUT2D eigenvalue weighted by molar-refractivity contribution is -0.384. The number of pyridine rings is 1. The topological polar surface area (TPSA) is 123 Å². The van der Waals surface area contributed by atoms with Gasteiger partial charge in [0.2, 0.25) is 0 Å². The van der Waals surface area contributed by atoms with Crippen molar-refractivity contribution in [3.63, 3.8) is 0 Å². The van der Waals surface area contributed by atoms with E-state index in [1.54, 1.807) is 48.8 Å². The third-order valence-corrected chi connectivity index (χ3v) is 5.38. The summed E-state index contributed by atoms with van der Waals surface area (Å²) < 4.78 is 5.20. The number of amides is 1. The number of methoxy groups -OCH3 is 1. The number of benzene rings is 2. The maximum Gasteiger partial charge on any atom is 0.295 e. The van der Waals surface area contributed by atoms with Gasteiger partial charge in [-0.15, -0.1) is 0 Å². The molecule has 1 fully saturated rings. The third-order valence-electron chi connectivity index (χ3n) is 5.38. The van der Waals surface area contributed by atoms with E-state index in [4.69, 9.17) is 4.74 Å². The van der Waals surface area contributed by atoms with Gasteiger partial charge in [-0.3, -0.25) is 24.7 Å². The lowest BCUT2D eigenvalue weighted by Gasteiger charge is -2.25. The number of hydrogen-bond donors (Lipinski definition) is 1. The predicted octanol–water partition coefficient (Wildman–Crippen LogP) is 3.62. The monoisotopic (exact) mass is 445 g/mol. The van der Waals surface area contributed by atoms with Gasteiger partial charge in [-0.25, -0.2) is 0 Å². The van der Waals surface area contributed by atoms with Gasteiger partial charge in [0, 0.05) is 36.6 Å². The van der Waals surface area contributed by atoms with Crippen molar-refractivity contribution < 1.29 is 24.4 Å². The van der Waals surface area contributed by atoms with E-state index in [2.05, 4.69) is 4.98 Å². The van der Waals surface area contributed by atoms with Crippen molar-refractivity contribution in [2.24, 2.45) is 0 Å². The first-order chi connectivity index (χ1) is 15.9. The minimum atomic E-state index is -0.947. The fourth-order valence-electron chi connectivity index (χ4n) is 3.78. The molecule has 4 rings (SSSR count). The molecule has 1 aliphatic rings. The van der Waals surface area contributed by atoms with E-state index in [1.165, 1.54) is 36.3 Å². The van der Waals surface area contributed by atoms with E-state index < -0.39 is 22.7 Å². The van der Waals surface area contributed by atoms with Gasteiger partial charge in [-0.05, 0) is 41.5 Å². The van der Waals surface area contributed by atoms with Crippen LogP contribution in [0.3, 0.4) is 0 Å². The number of Topliss-reactive ketones (excluding diaryl/α,β-unsaturated/α-hetero) is 1. The van der Waals surface area contributed by atoms with Crippen molar-refractivity contribution in [1.29, 1.82) is 0 Å². The summed E-state index contributed by atoms with van der Waals surface area (Å²) in [4.78, 5) is 42.0. The number of aliphatic hydroxyl groups excluding tert-OH is 1. The zero-order chi connectivity index (χ0) is 23.5.